The van der Waals surface area contributed by atoms with E-state index in [9.17, 15) is 24.0 Å². The van der Waals surface area contributed by atoms with Crippen LogP contribution in [0.15, 0.2) is 41.8 Å². The standard InChI is InChI=1S/C15H14N2O7S/c18-9-7-25(23)14-11(13(20)17(14)12(9)15(21)22)16-10(19)6-24-8-4-2-1-3-5-8/h1-5,11,14,18H,6-7H2,(H,16,19)(H,21,22)/t11-,14-,25-/m1/s1. The van der Waals surface area contributed by atoms with Crippen LogP contribution in [-0.4, -0.2) is 61.2 Å². The zero-order valence-electron chi connectivity index (χ0n) is 12.7. The Bertz CT molecular complexity index is 752. The zero-order chi connectivity index (χ0) is 18.1. The third kappa shape index (κ3) is 3.13. The Hall–Kier alpha value is -2.72. The van der Waals surface area contributed by atoms with Gasteiger partial charge in [-0.2, -0.15) is 0 Å². The van der Waals surface area contributed by atoms with E-state index in [4.69, 9.17) is 9.84 Å². The van der Waals surface area contributed by atoms with Gasteiger partial charge >= 0.3 is 5.97 Å². The van der Waals surface area contributed by atoms with Crippen LogP contribution in [0.25, 0.3) is 0 Å². The molecule has 0 unspecified atom stereocenters. The Labute approximate surface area is 145 Å². The van der Waals surface area contributed by atoms with Gasteiger partial charge < -0.3 is 24.8 Å². The lowest BCUT2D eigenvalue weighted by atomic mass is 10.0. The van der Waals surface area contributed by atoms with Gasteiger partial charge in [0, 0.05) is 0 Å². The highest BCUT2D eigenvalue weighted by atomic mass is 32.2. The number of nitrogens with one attached hydrogen (secondary N) is 1. The summed E-state index contributed by atoms with van der Waals surface area (Å²) in [5.74, 6) is -3.37. The Balaban J connectivity index is 1.64. The highest BCUT2D eigenvalue weighted by molar-refractivity contribution is 7.92. The molecule has 0 radical (unpaired) electrons. The molecule has 0 spiro atoms. The highest BCUT2D eigenvalue weighted by Crippen LogP contribution is 2.35. The number of aliphatic hydroxyl groups excluding tert-OH is 1. The first kappa shape index (κ1) is 17.1. The second kappa shape index (κ2) is 6.65. The number of carboxylic acids is 1. The van der Waals surface area contributed by atoms with E-state index < -0.39 is 51.8 Å². The second-order valence-electron chi connectivity index (χ2n) is 5.37. The van der Waals surface area contributed by atoms with Gasteiger partial charge in [0.05, 0.1) is 0 Å². The molecular weight excluding hydrogens is 352 g/mol. The van der Waals surface area contributed by atoms with Crippen molar-refractivity contribution in [1.82, 2.24) is 10.2 Å². The number of aliphatic carboxylic acids is 1. The minimum Gasteiger partial charge on any atom is -0.614 e. The van der Waals surface area contributed by atoms with Crippen LogP contribution in [-0.2, 0) is 25.6 Å². The zero-order valence-corrected chi connectivity index (χ0v) is 13.6. The Kier molecular flexibility index (Phi) is 4.55. The summed E-state index contributed by atoms with van der Waals surface area (Å²) in [6.45, 7) is -0.347. The quantitative estimate of drug-likeness (QED) is 0.464. The van der Waals surface area contributed by atoms with Gasteiger partial charge in [-0.15, -0.1) is 0 Å². The molecule has 3 rings (SSSR count). The van der Waals surface area contributed by atoms with Crippen molar-refractivity contribution >= 4 is 29.0 Å². The van der Waals surface area contributed by atoms with Gasteiger partial charge in [0.1, 0.15) is 5.75 Å². The number of benzene rings is 1. The van der Waals surface area contributed by atoms with Crippen molar-refractivity contribution in [3.63, 3.8) is 0 Å². The van der Waals surface area contributed by atoms with Gasteiger partial charge in [-0.05, 0) is 23.3 Å². The molecule has 2 aliphatic rings. The highest BCUT2D eigenvalue weighted by Gasteiger charge is 2.61. The van der Waals surface area contributed by atoms with Crippen LogP contribution in [0.1, 0.15) is 0 Å². The average molecular weight is 366 g/mol. The molecule has 132 valence electrons. The largest absolute Gasteiger partial charge is 0.614 e. The van der Waals surface area contributed by atoms with E-state index in [1.165, 1.54) is 0 Å². The number of carbonyl (C=O) groups excluding carboxylic acids is 2. The first-order chi connectivity index (χ1) is 11.9. The fraction of sp³-hybridized carbons (Fsp3) is 0.267. The van der Waals surface area contributed by atoms with Gasteiger partial charge in [0.25, 0.3) is 11.8 Å². The van der Waals surface area contributed by atoms with E-state index in [1.807, 2.05) is 0 Å². The predicted octanol–water partition coefficient (Wildman–Crippen LogP) is -0.665. The number of amides is 2. The molecule has 3 atom stereocenters. The van der Waals surface area contributed by atoms with Crippen LogP contribution >= 0.6 is 0 Å². The number of fused-ring (bicyclic) bond motifs is 1. The van der Waals surface area contributed by atoms with Crippen molar-refractivity contribution in [1.29, 1.82) is 0 Å². The summed E-state index contributed by atoms with van der Waals surface area (Å²) in [6, 6.07) is 7.46. The number of ether oxygens (including phenoxy) is 1. The first-order valence-corrected chi connectivity index (χ1v) is 8.61. The predicted molar refractivity (Wildman–Crippen MR) is 84.8 cm³/mol. The van der Waals surface area contributed by atoms with E-state index in [0.717, 1.165) is 4.90 Å². The topological polar surface area (TPSA) is 139 Å². The molecule has 1 saturated heterocycles. The lowest BCUT2D eigenvalue weighted by Gasteiger charge is -2.48. The Morgan fingerprint density at radius 1 is 1.36 bits per heavy atom. The van der Waals surface area contributed by atoms with E-state index in [1.54, 1.807) is 30.3 Å². The molecule has 1 aromatic carbocycles. The monoisotopic (exact) mass is 366 g/mol. The van der Waals surface area contributed by atoms with Crippen LogP contribution in [0.4, 0.5) is 0 Å². The van der Waals surface area contributed by atoms with Crippen molar-refractivity contribution in [2.24, 2.45) is 0 Å². The van der Waals surface area contributed by atoms with Gasteiger partial charge in [-0.1, -0.05) is 18.2 Å². The van der Waals surface area contributed by atoms with Crippen LogP contribution in [0.2, 0.25) is 0 Å². The summed E-state index contributed by atoms with van der Waals surface area (Å²) < 4.78 is 17.4. The first-order valence-electron chi connectivity index (χ1n) is 7.23. The van der Waals surface area contributed by atoms with E-state index in [2.05, 4.69) is 5.32 Å². The number of hydrogen-bond acceptors (Lipinski definition) is 6. The van der Waals surface area contributed by atoms with Crippen LogP contribution in [0.3, 0.4) is 0 Å². The van der Waals surface area contributed by atoms with Gasteiger partial charge in [-0.3, -0.25) is 14.5 Å². The maximum Gasteiger partial charge on any atom is 0.356 e. The SMILES string of the molecule is O=C(COc1ccccc1)N[C@@H]1C(=O)N2C(C(=O)O)=C(O)C[S@@+]([O-])[C@H]12. The summed E-state index contributed by atoms with van der Waals surface area (Å²) in [7, 11) is 0. The molecule has 25 heavy (non-hydrogen) atoms. The summed E-state index contributed by atoms with van der Waals surface area (Å²) in [6.07, 6.45) is 0. The number of rotatable bonds is 5. The van der Waals surface area contributed by atoms with E-state index in [-0.39, 0.29) is 12.4 Å². The molecule has 0 bridgehead atoms. The van der Waals surface area contributed by atoms with Gasteiger partial charge in [0.15, 0.2) is 29.9 Å². The van der Waals surface area contributed by atoms with Crippen molar-refractivity contribution in [3.8, 4) is 5.75 Å². The third-order valence-corrected chi connectivity index (χ3v) is 5.32. The molecule has 0 saturated carbocycles. The number of β-lactam (4-membered cyclic amide) rings is 1. The molecule has 1 aromatic rings. The van der Waals surface area contributed by atoms with E-state index >= 15 is 0 Å². The lowest BCUT2D eigenvalue weighted by molar-refractivity contribution is -0.151. The average Bonchev–Trinajstić information content (AvgIpc) is 2.58. The maximum absolute atomic E-state index is 12.1. The number of hydrogen-bond donors (Lipinski definition) is 3. The van der Waals surface area contributed by atoms with Crippen LogP contribution in [0.5, 0.6) is 5.75 Å². The smallest absolute Gasteiger partial charge is 0.356 e. The molecule has 2 heterocycles. The number of nitrogens with zero attached hydrogens (tertiary/aromatic N) is 1. The van der Waals surface area contributed by atoms with Gasteiger partial charge in [0.2, 0.25) is 5.37 Å². The molecule has 2 amide bonds. The van der Waals surface area contributed by atoms with Crippen molar-refractivity contribution in [2.75, 3.05) is 12.4 Å². The summed E-state index contributed by atoms with van der Waals surface area (Å²) >= 11 is -1.72. The molecule has 0 aliphatic carbocycles. The molecule has 10 heteroatoms. The van der Waals surface area contributed by atoms with Crippen molar-refractivity contribution < 1.29 is 33.9 Å². The molecule has 1 fully saturated rings. The molecule has 0 aromatic heterocycles. The molecule has 2 aliphatic heterocycles. The van der Waals surface area contributed by atoms with Gasteiger partial charge in [-0.25, -0.2) is 4.79 Å². The van der Waals surface area contributed by atoms with E-state index in [0.29, 0.717) is 5.75 Å². The Morgan fingerprint density at radius 3 is 2.68 bits per heavy atom. The number of carbonyl (C=O) groups is 3. The third-order valence-electron chi connectivity index (χ3n) is 3.74. The summed E-state index contributed by atoms with van der Waals surface area (Å²) in [5, 5.41) is 20.1. The van der Waals surface area contributed by atoms with Crippen LogP contribution in [0, 0.1) is 0 Å². The van der Waals surface area contributed by atoms with Crippen LogP contribution < -0.4 is 10.1 Å². The summed E-state index contributed by atoms with van der Waals surface area (Å²) in [5.41, 5.74) is -0.597. The molecule has 9 nitrogen and oxygen atoms in total. The molecular formula is C15H14N2O7S. The lowest BCUT2D eigenvalue weighted by Crippen LogP contribution is -2.75. The van der Waals surface area contributed by atoms with Crippen molar-refractivity contribution in [3.05, 3.63) is 41.8 Å². The summed E-state index contributed by atoms with van der Waals surface area (Å²) in [4.78, 5) is 36.0. The van der Waals surface area contributed by atoms with Crippen molar-refractivity contribution in [2.45, 2.75) is 11.4 Å². The normalized spacial score (nSPS) is 25.1. The Morgan fingerprint density at radius 2 is 2.04 bits per heavy atom. The fourth-order valence-corrected chi connectivity index (χ4v) is 4.15. The molecule has 3 N–H and O–H groups in total. The minimum atomic E-state index is -1.72. The second-order valence-corrected chi connectivity index (χ2v) is 6.90. The number of carboxylic acid groups (broad SMARTS) is 1. The number of para-hydroxylation sites is 1. The fourth-order valence-electron chi connectivity index (χ4n) is 2.64. The maximum atomic E-state index is 12.1. The number of aliphatic hydroxyl groups is 1. The minimum absolute atomic E-state index is 0.347.